The molecule has 0 atom stereocenters. The highest BCUT2D eigenvalue weighted by Crippen LogP contribution is 2.26. The largest absolute Gasteiger partial charge is 0.333 e. The molecule has 0 fully saturated rings. The van der Waals surface area contributed by atoms with Crippen LogP contribution in [0.15, 0.2) is 34.3 Å². The van der Waals surface area contributed by atoms with Crippen LogP contribution in [-0.4, -0.2) is 26.6 Å². The van der Waals surface area contributed by atoms with Crippen molar-refractivity contribution in [2.75, 3.05) is 11.6 Å². The van der Waals surface area contributed by atoms with Gasteiger partial charge in [0.25, 0.3) is 0 Å². The molecule has 0 aliphatic carbocycles. The Morgan fingerprint density at radius 3 is 2.68 bits per heavy atom. The minimum Gasteiger partial charge on any atom is -0.333 e. The van der Waals surface area contributed by atoms with Crippen LogP contribution in [0.25, 0.3) is 11.0 Å². The average molecular weight is 400 g/mol. The number of benzene rings is 1. The summed E-state index contributed by atoms with van der Waals surface area (Å²) in [5.41, 5.74) is 2.79. The molecule has 3 nitrogen and oxygen atoms in total. The number of hydrogen-bond acceptors (Lipinski definition) is 4. The van der Waals surface area contributed by atoms with Crippen LogP contribution in [0.5, 0.6) is 0 Å². The van der Waals surface area contributed by atoms with E-state index in [1.165, 1.54) is 16.7 Å². The van der Waals surface area contributed by atoms with E-state index in [0.29, 0.717) is 27.8 Å². The second-order valence-corrected chi connectivity index (χ2v) is 7.95. The molecule has 8 heteroatoms. The lowest BCUT2D eigenvalue weighted by molar-refractivity contribution is 0.510. The van der Waals surface area contributed by atoms with Crippen LogP contribution in [0.4, 0.5) is 8.78 Å². The number of aromatic nitrogens is 3. The number of halogens is 3. The highest BCUT2D eigenvalue weighted by atomic mass is 35.5. The lowest BCUT2D eigenvalue weighted by Crippen LogP contribution is -1.92. The Morgan fingerprint density at radius 1 is 1.08 bits per heavy atom. The van der Waals surface area contributed by atoms with Gasteiger partial charge in [-0.15, -0.1) is 23.4 Å². The standard InChI is InChI=1S/C17H16ClF2N3S2/c1-10-5-12(24-4-2-3-18)6-11(21-10)9-25-17-22-15-7-13(19)14(20)8-16(15)23-17/h5-8H,2-4,9H2,1H3,(H,22,23). The number of nitrogens with one attached hydrogen (secondary N) is 1. The third kappa shape index (κ3) is 4.86. The Morgan fingerprint density at radius 2 is 1.88 bits per heavy atom. The molecule has 3 aromatic rings. The predicted molar refractivity (Wildman–Crippen MR) is 101 cm³/mol. The third-order valence-electron chi connectivity index (χ3n) is 3.39. The van der Waals surface area contributed by atoms with E-state index in [1.807, 2.05) is 6.92 Å². The van der Waals surface area contributed by atoms with Gasteiger partial charge in [-0.1, -0.05) is 11.8 Å². The fourth-order valence-electron chi connectivity index (χ4n) is 2.30. The maximum atomic E-state index is 13.3. The number of nitrogens with zero attached hydrogens (tertiary/aromatic N) is 2. The molecule has 3 rings (SSSR count). The third-order valence-corrected chi connectivity index (χ3v) is 5.62. The van der Waals surface area contributed by atoms with Gasteiger partial charge < -0.3 is 4.98 Å². The lowest BCUT2D eigenvalue weighted by Gasteiger charge is -2.06. The van der Waals surface area contributed by atoms with Crippen LogP contribution >= 0.6 is 35.1 Å². The molecule has 0 aliphatic heterocycles. The van der Waals surface area contributed by atoms with E-state index in [9.17, 15) is 8.78 Å². The summed E-state index contributed by atoms with van der Waals surface area (Å²) in [5.74, 6) is 0.476. The van der Waals surface area contributed by atoms with Crippen molar-refractivity contribution in [1.29, 1.82) is 0 Å². The highest BCUT2D eigenvalue weighted by Gasteiger charge is 2.10. The first-order valence-corrected chi connectivity index (χ1v) is 10.2. The molecule has 0 saturated carbocycles. The second kappa shape index (κ2) is 8.38. The number of alkyl halides is 1. The topological polar surface area (TPSA) is 41.6 Å². The van der Waals surface area contributed by atoms with Gasteiger partial charge >= 0.3 is 0 Å². The Bertz CT molecular complexity index is 847. The molecule has 2 aromatic heterocycles. The van der Waals surface area contributed by atoms with E-state index < -0.39 is 11.6 Å². The molecular formula is C17H16ClF2N3S2. The number of rotatable bonds is 7. The molecule has 2 heterocycles. The minimum atomic E-state index is -0.894. The van der Waals surface area contributed by atoms with Gasteiger partial charge in [0.1, 0.15) is 0 Å². The molecule has 25 heavy (non-hydrogen) atoms. The van der Waals surface area contributed by atoms with Crippen LogP contribution in [0.2, 0.25) is 0 Å². The quantitative estimate of drug-likeness (QED) is 0.321. The molecule has 0 bridgehead atoms. The Labute approximate surface area is 158 Å². The van der Waals surface area contributed by atoms with Gasteiger partial charge in [0, 0.05) is 34.4 Å². The van der Waals surface area contributed by atoms with E-state index in [2.05, 4.69) is 27.1 Å². The van der Waals surface area contributed by atoms with E-state index in [1.54, 1.807) is 11.8 Å². The van der Waals surface area contributed by atoms with Crippen LogP contribution in [-0.2, 0) is 5.75 Å². The molecule has 132 valence electrons. The highest BCUT2D eigenvalue weighted by molar-refractivity contribution is 7.99. The van der Waals surface area contributed by atoms with Crippen molar-refractivity contribution in [2.24, 2.45) is 0 Å². The minimum absolute atomic E-state index is 0.413. The molecule has 0 amide bonds. The number of imidazole rings is 1. The molecule has 0 radical (unpaired) electrons. The van der Waals surface area contributed by atoms with Gasteiger partial charge in [0.05, 0.1) is 16.7 Å². The lowest BCUT2D eigenvalue weighted by atomic mass is 10.3. The number of pyridine rings is 1. The molecule has 1 aromatic carbocycles. The van der Waals surface area contributed by atoms with Gasteiger partial charge in [-0.05, 0) is 31.2 Å². The van der Waals surface area contributed by atoms with Gasteiger partial charge in [-0.25, -0.2) is 13.8 Å². The van der Waals surface area contributed by atoms with Crippen molar-refractivity contribution >= 4 is 46.2 Å². The summed E-state index contributed by atoms with van der Waals surface area (Å²) in [7, 11) is 0. The first-order valence-electron chi connectivity index (χ1n) is 7.69. The summed E-state index contributed by atoms with van der Waals surface area (Å²) >= 11 is 8.93. The predicted octanol–water partition coefficient (Wildman–Crippen LogP) is 5.56. The van der Waals surface area contributed by atoms with E-state index in [0.717, 1.165) is 35.7 Å². The van der Waals surface area contributed by atoms with E-state index in [4.69, 9.17) is 11.6 Å². The first kappa shape index (κ1) is 18.5. The number of aromatic amines is 1. The van der Waals surface area contributed by atoms with Crippen LogP contribution in [0.3, 0.4) is 0 Å². The SMILES string of the molecule is Cc1cc(SCCCCl)cc(CSc2nc3cc(F)c(F)cc3[nH]2)n1. The Kier molecular flexibility index (Phi) is 6.19. The summed E-state index contributed by atoms with van der Waals surface area (Å²) < 4.78 is 26.5. The number of H-pyrrole nitrogens is 1. The molecular weight excluding hydrogens is 384 g/mol. The fourth-order valence-corrected chi connectivity index (χ4v) is 4.36. The van der Waals surface area contributed by atoms with Crippen molar-refractivity contribution in [2.45, 2.75) is 29.1 Å². The van der Waals surface area contributed by atoms with E-state index in [-0.39, 0.29) is 0 Å². The summed E-state index contributed by atoms with van der Waals surface area (Å²) in [6.45, 7) is 1.96. The van der Waals surface area contributed by atoms with Crippen molar-refractivity contribution in [3.63, 3.8) is 0 Å². The van der Waals surface area contributed by atoms with Gasteiger partial charge in [-0.2, -0.15) is 0 Å². The Balaban J connectivity index is 1.70. The van der Waals surface area contributed by atoms with Crippen molar-refractivity contribution < 1.29 is 8.78 Å². The molecule has 0 aliphatic rings. The molecule has 1 N–H and O–H groups in total. The average Bonchev–Trinajstić information content (AvgIpc) is 2.95. The molecule has 0 spiro atoms. The van der Waals surface area contributed by atoms with Crippen molar-refractivity contribution in [3.05, 3.63) is 47.3 Å². The van der Waals surface area contributed by atoms with Crippen LogP contribution in [0.1, 0.15) is 17.8 Å². The summed E-state index contributed by atoms with van der Waals surface area (Å²) in [6.07, 6.45) is 0.962. The van der Waals surface area contributed by atoms with Gasteiger partial charge in [0.15, 0.2) is 16.8 Å². The normalized spacial score (nSPS) is 11.4. The number of fused-ring (bicyclic) bond motifs is 1. The second-order valence-electron chi connectivity index (χ2n) is 5.44. The van der Waals surface area contributed by atoms with Crippen molar-refractivity contribution in [1.82, 2.24) is 15.0 Å². The zero-order chi connectivity index (χ0) is 17.8. The number of thioether (sulfide) groups is 2. The maximum Gasteiger partial charge on any atom is 0.166 e. The molecule has 0 unspecified atom stereocenters. The monoisotopic (exact) mass is 399 g/mol. The van der Waals surface area contributed by atoms with Crippen LogP contribution in [0, 0.1) is 18.6 Å². The maximum absolute atomic E-state index is 13.3. The zero-order valence-corrected chi connectivity index (χ0v) is 15.9. The fraction of sp³-hybridized carbons (Fsp3) is 0.294. The number of aryl methyl sites for hydroxylation is 1. The smallest absolute Gasteiger partial charge is 0.166 e. The van der Waals surface area contributed by atoms with Gasteiger partial charge in [-0.3, -0.25) is 4.98 Å². The Hall–Kier alpha value is -1.31. The summed E-state index contributed by atoms with van der Waals surface area (Å²) in [5, 5.41) is 0.611. The van der Waals surface area contributed by atoms with Gasteiger partial charge in [0.2, 0.25) is 0 Å². The summed E-state index contributed by atoms with van der Waals surface area (Å²) in [6, 6.07) is 6.33. The number of hydrogen-bond donors (Lipinski definition) is 1. The van der Waals surface area contributed by atoms with Crippen LogP contribution < -0.4 is 0 Å². The first-order chi connectivity index (χ1) is 12.0. The molecule has 0 saturated heterocycles. The van der Waals surface area contributed by atoms with Crippen molar-refractivity contribution in [3.8, 4) is 0 Å². The van der Waals surface area contributed by atoms with E-state index >= 15 is 0 Å². The zero-order valence-electron chi connectivity index (χ0n) is 13.5. The summed E-state index contributed by atoms with van der Waals surface area (Å²) in [4.78, 5) is 13.0.